The summed E-state index contributed by atoms with van der Waals surface area (Å²) < 4.78 is 5.18. The molecule has 1 N–H and O–H groups in total. The van der Waals surface area contributed by atoms with E-state index in [0.29, 0.717) is 10.2 Å². The molecule has 1 amide bonds. The second-order valence-electron chi connectivity index (χ2n) is 4.50. The molecule has 0 saturated heterocycles. The smallest absolute Gasteiger partial charge is 0.356 e. The van der Waals surface area contributed by atoms with Crippen molar-refractivity contribution in [1.82, 2.24) is 4.98 Å². The van der Waals surface area contributed by atoms with Gasteiger partial charge in [-0.1, -0.05) is 6.07 Å². The normalized spacial score (nSPS) is 10.1. The van der Waals surface area contributed by atoms with E-state index >= 15 is 0 Å². The number of carbonyl (C=O) groups is 2. The molecule has 1 heterocycles. The second-order valence-corrected chi connectivity index (χ2v) is 5.36. The van der Waals surface area contributed by atoms with Crippen LogP contribution in [0.5, 0.6) is 0 Å². The van der Waals surface area contributed by atoms with Crippen LogP contribution in [0.15, 0.2) is 40.9 Å². The number of pyridine rings is 1. The van der Waals surface area contributed by atoms with Crippen molar-refractivity contribution >= 4 is 39.2 Å². The van der Waals surface area contributed by atoms with E-state index in [2.05, 4.69) is 26.2 Å². The summed E-state index contributed by atoms with van der Waals surface area (Å²) in [5.41, 5.74) is 0.273. The third-order valence-electron chi connectivity index (χ3n) is 2.88. The molecule has 1 aromatic heterocycles. The van der Waals surface area contributed by atoms with Gasteiger partial charge in [-0.2, -0.15) is 0 Å². The lowest BCUT2D eigenvalue weighted by molar-refractivity contribution is -0.384. The highest BCUT2D eigenvalue weighted by atomic mass is 79.9. The largest absolute Gasteiger partial charge is 0.461 e. The molecule has 0 aliphatic heterocycles. The molecule has 0 bridgehead atoms. The first-order chi connectivity index (χ1) is 11.4. The van der Waals surface area contributed by atoms with E-state index in [0.717, 1.165) is 0 Å². The maximum absolute atomic E-state index is 12.2. The highest BCUT2D eigenvalue weighted by Crippen LogP contribution is 2.27. The average molecular weight is 394 g/mol. The summed E-state index contributed by atoms with van der Waals surface area (Å²) in [6.45, 7) is 1.87. The highest BCUT2D eigenvalue weighted by Gasteiger charge is 2.15. The second kappa shape index (κ2) is 7.64. The van der Waals surface area contributed by atoms with Crippen molar-refractivity contribution in [2.24, 2.45) is 0 Å². The van der Waals surface area contributed by atoms with Gasteiger partial charge in [0.15, 0.2) is 0 Å². The number of rotatable bonds is 5. The lowest BCUT2D eigenvalue weighted by Crippen LogP contribution is -2.16. The summed E-state index contributed by atoms with van der Waals surface area (Å²) in [5.74, 6) is -1.18. The van der Waals surface area contributed by atoms with Crippen LogP contribution in [0.2, 0.25) is 0 Å². The average Bonchev–Trinajstić information content (AvgIpc) is 2.56. The molecule has 1 aromatic carbocycles. The topological polar surface area (TPSA) is 111 Å². The maximum Gasteiger partial charge on any atom is 0.356 e. The van der Waals surface area contributed by atoms with E-state index in [-0.39, 0.29) is 23.7 Å². The number of hydrogen-bond donors (Lipinski definition) is 1. The number of ether oxygens (including phenoxy) is 1. The van der Waals surface area contributed by atoms with E-state index in [1.807, 2.05) is 0 Å². The predicted octanol–water partition coefficient (Wildman–Crippen LogP) is 3.18. The van der Waals surface area contributed by atoms with Crippen molar-refractivity contribution < 1.29 is 19.2 Å². The summed E-state index contributed by atoms with van der Waals surface area (Å²) >= 11 is 3.16. The maximum atomic E-state index is 12.2. The Hall–Kier alpha value is -2.81. The standard InChI is InChI=1S/C15H12BrN3O5/c1-2-24-15(21)13-5-3-4-12(17-13)14(20)18-11-7-6-9(19(22)23)8-10(11)16/h3-8H,2H2,1H3,(H,18,20). The Morgan fingerprint density at radius 2 is 2.00 bits per heavy atom. The number of benzene rings is 1. The zero-order valence-electron chi connectivity index (χ0n) is 12.5. The van der Waals surface area contributed by atoms with Gasteiger partial charge in [-0.05, 0) is 41.1 Å². The highest BCUT2D eigenvalue weighted by molar-refractivity contribution is 9.10. The number of nitro groups is 1. The quantitative estimate of drug-likeness (QED) is 0.474. The lowest BCUT2D eigenvalue weighted by atomic mass is 10.2. The van der Waals surface area contributed by atoms with Crippen molar-refractivity contribution in [3.05, 3.63) is 62.4 Å². The first-order valence-electron chi connectivity index (χ1n) is 6.82. The van der Waals surface area contributed by atoms with Gasteiger partial charge in [-0.3, -0.25) is 14.9 Å². The van der Waals surface area contributed by atoms with E-state index in [4.69, 9.17) is 4.74 Å². The molecule has 24 heavy (non-hydrogen) atoms. The third kappa shape index (κ3) is 4.13. The van der Waals surface area contributed by atoms with Gasteiger partial charge in [0.1, 0.15) is 11.4 Å². The Labute approximate surface area is 145 Å². The predicted molar refractivity (Wildman–Crippen MR) is 88.9 cm³/mol. The minimum atomic E-state index is -0.622. The molecule has 2 rings (SSSR count). The van der Waals surface area contributed by atoms with Crippen molar-refractivity contribution in [3.8, 4) is 0 Å². The minimum absolute atomic E-state index is 0.0193. The minimum Gasteiger partial charge on any atom is -0.461 e. The monoisotopic (exact) mass is 393 g/mol. The summed E-state index contributed by atoms with van der Waals surface area (Å²) in [6, 6.07) is 8.34. The molecule has 0 fully saturated rings. The van der Waals surface area contributed by atoms with Crippen molar-refractivity contribution in [2.75, 3.05) is 11.9 Å². The van der Waals surface area contributed by atoms with E-state index in [1.165, 1.54) is 36.4 Å². The van der Waals surface area contributed by atoms with Gasteiger partial charge in [0, 0.05) is 16.6 Å². The number of carbonyl (C=O) groups excluding carboxylic acids is 2. The summed E-state index contributed by atoms with van der Waals surface area (Å²) in [7, 11) is 0. The Bertz CT molecular complexity index is 809. The Kier molecular flexibility index (Phi) is 5.59. The summed E-state index contributed by atoms with van der Waals surface area (Å²) in [5, 5.41) is 13.3. The Morgan fingerprint density at radius 3 is 2.62 bits per heavy atom. The molecule has 0 aliphatic rings. The number of nitrogens with one attached hydrogen (secondary N) is 1. The van der Waals surface area contributed by atoms with Gasteiger partial charge in [0.25, 0.3) is 11.6 Å². The summed E-state index contributed by atoms with van der Waals surface area (Å²) in [6.07, 6.45) is 0. The number of halogens is 1. The third-order valence-corrected chi connectivity index (χ3v) is 3.53. The molecular formula is C15H12BrN3O5. The van der Waals surface area contributed by atoms with Crippen LogP contribution < -0.4 is 5.32 Å². The number of anilines is 1. The molecular weight excluding hydrogens is 382 g/mol. The molecule has 9 heteroatoms. The summed E-state index contributed by atoms with van der Waals surface area (Å²) in [4.78, 5) is 38.0. The zero-order valence-corrected chi connectivity index (χ0v) is 14.1. The molecule has 0 atom stereocenters. The fourth-order valence-electron chi connectivity index (χ4n) is 1.79. The molecule has 0 unspecified atom stereocenters. The molecule has 0 aliphatic carbocycles. The van der Waals surface area contributed by atoms with Crippen molar-refractivity contribution in [2.45, 2.75) is 6.92 Å². The van der Waals surface area contributed by atoms with Crippen LogP contribution in [-0.4, -0.2) is 28.4 Å². The molecule has 0 spiro atoms. The van der Waals surface area contributed by atoms with Crippen LogP contribution in [0.1, 0.15) is 27.9 Å². The lowest BCUT2D eigenvalue weighted by Gasteiger charge is -2.08. The Balaban J connectivity index is 2.20. The van der Waals surface area contributed by atoms with Crippen LogP contribution in [0, 0.1) is 10.1 Å². The van der Waals surface area contributed by atoms with Crippen LogP contribution in [0.25, 0.3) is 0 Å². The molecule has 8 nitrogen and oxygen atoms in total. The Morgan fingerprint density at radius 1 is 1.29 bits per heavy atom. The number of esters is 1. The number of nitro benzene ring substituents is 1. The van der Waals surface area contributed by atoms with Crippen LogP contribution >= 0.6 is 15.9 Å². The number of nitrogens with zero attached hydrogens (tertiary/aromatic N) is 2. The van der Waals surface area contributed by atoms with E-state index in [9.17, 15) is 19.7 Å². The number of amides is 1. The fraction of sp³-hybridized carbons (Fsp3) is 0.133. The van der Waals surface area contributed by atoms with E-state index in [1.54, 1.807) is 6.92 Å². The fourth-order valence-corrected chi connectivity index (χ4v) is 2.25. The van der Waals surface area contributed by atoms with Gasteiger partial charge in [0.05, 0.1) is 17.2 Å². The first kappa shape index (κ1) is 17.5. The van der Waals surface area contributed by atoms with Crippen molar-refractivity contribution in [1.29, 1.82) is 0 Å². The van der Waals surface area contributed by atoms with Gasteiger partial charge in [0.2, 0.25) is 0 Å². The number of aromatic nitrogens is 1. The van der Waals surface area contributed by atoms with Crippen LogP contribution in [0.3, 0.4) is 0 Å². The van der Waals surface area contributed by atoms with Gasteiger partial charge >= 0.3 is 5.97 Å². The molecule has 124 valence electrons. The van der Waals surface area contributed by atoms with Gasteiger partial charge in [-0.25, -0.2) is 9.78 Å². The SMILES string of the molecule is CCOC(=O)c1cccc(C(=O)Nc2ccc([N+](=O)[O-])cc2Br)n1. The van der Waals surface area contributed by atoms with Crippen molar-refractivity contribution in [3.63, 3.8) is 0 Å². The first-order valence-corrected chi connectivity index (χ1v) is 7.61. The molecule has 2 aromatic rings. The van der Waals surface area contributed by atoms with E-state index < -0.39 is 16.8 Å². The van der Waals surface area contributed by atoms with Crippen LogP contribution in [-0.2, 0) is 4.74 Å². The molecule has 0 radical (unpaired) electrons. The van der Waals surface area contributed by atoms with Gasteiger partial charge < -0.3 is 10.1 Å². The van der Waals surface area contributed by atoms with Crippen LogP contribution in [0.4, 0.5) is 11.4 Å². The number of hydrogen-bond acceptors (Lipinski definition) is 6. The molecule has 0 saturated carbocycles. The van der Waals surface area contributed by atoms with Gasteiger partial charge in [-0.15, -0.1) is 0 Å². The zero-order chi connectivity index (χ0) is 17.7. The number of non-ortho nitro benzene ring substituents is 1.